The van der Waals surface area contributed by atoms with Gasteiger partial charge in [-0.2, -0.15) is 0 Å². The molecule has 0 unspecified atom stereocenters. The fraction of sp³-hybridized carbons (Fsp3) is 0.250. The maximum atomic E-state index is 5.93. The van der Waals surface area contributed by atoms with Gasteiger partial charge in [0.2, 0.25) is 0 Å². The number of hydrogen-bond acceptors (Lipinski definition) is 2. The van der Waals surface area contributed by atoms with E-state index >= 15 is 0 Å². The molecule has 0 fully saturated rings. The minimum absolute atomic E-state index is 0.490. The number of nitrogens with zero attached hydrogens (tertiary/aromatic N) is 1. The summed E-state index contributed by atoms with van der Waals surface area (Å²) in [5, 5.41) is 3.94. The summed E-state index contributed by atoms with van der Waals surface area (Å²) in [6, 6.07) is 5.71. The SMILES string of the molecule is CN=C(N)/C=C(/C)Nc1cc(Cl)ccc1C. The van der Waals surface area contributed by atoms with Gasteiger partial charge < -0.3 is 11.1 Å². The number of hydrogen-bond donors (Lipinski definition) is 2. The maximum absolute atomic E-state index is 5.93. The highest BCUT2D eigenvalue weighted by Crippen LogP contribution is 2.21. The Labute approximate surface area is 101 Å². The van der Waals surface area contributed by atoms with E-state index in [1.165, 1.54) is 0 Å². The molecule has 0 radical (unpaired) electrons. The van der Waals surface area contributed by atoms with Crippen LogP contribution in [-0.4, -0.2) is 12.9 Å². The number of amidine groups is 1. The number of anilines is 1. The van der Waals surface area contributed by atoms with Gasteiger partial charge in [-0.05, 0) is 37.6 Å². The lowest BCUT2D eigenvalue weighted by Gasteiger charge is -2.10. The molecule has 0 saturated carbocycles. The molecule has 0 heterocycles. The summed E-state index contributed by atoms with van der Waals surface area (Å²) in [4.78, 5) is 3.86. The smallest absolute Gasteiger partial charge is 0.119 e. The molecule has 0 aromatic heterocycles. The molecule has 1 aromatic carbocycles. The van der Waals surface area contributed by atoms with Crippen molar-refractivity contribution < 1.29 is 0 Å². The first-order chi connectivity index (χ1) is 7.52. The van der Waals surface area contributed by atoms with Crippen LogP contribution < -0.4 is 11.1 Å². The fourth-order valence-corrected chi connectivity index (χ4v) is 1.44. The van der Waals surface area contributed by atoms with Gasteiger partial charge in [-0.15, -0.1) is 0 Å². The van der Waals surface area contributed by atoms with Gasteiger partial charge >= 0.3 is 0 Å². The lowest BCUT2D eigenvalue weighted by Crippen LogP contribution is -2.10. The van der Waals surface area contributed by atoms with E-state index in [0.717, 1.165) is 16.9 Å². The predicted octanol–water partition coefficient (Wildman–Crippen LogP) is 2.95. The summed E-state index contributed by atoms with van der Waals surface area (Å²) >= 11 is 5.93. The van der Waals surface area contributed by atoms with E-state index in [0.29, 0.717) is 10.9 Å². The molecule has 1 aromatic rings. The molecular weight excluding hydrogens is 222 g/mol. The van der Waals surface area contributed by atoms with Crippen molar-refractivity contribution in [2.45, 2.75) is 13.8 Å². The predicted molar refractivity (Wildman–Crippen MR) is 71.1 cm³/mol. The molecule has 1 rings (SSSR count). The standard InChI is InChI=1S/C12H16ClN3/c1-8-4-5-10(13)7-11(8)16-9(2)6-12(14)15-3/h4-7,16H,1-3H3,(H2,14,15)/b9-6-. The van der Waals surface area contributed by atoms with E-state index in [1.54, 1.807) is 13.1 Å². The quantitative estimate of drug-likeness (QED) is 0.627. The zero-order valence-corrected chi connectivity index (χ0v) is 10.5. The molecule has 16 heavy (non-hydrogen) atoms. The maximum Gasteiger partial charge on any atom is 0.119 e. The van der Waals surface area contributed by atoms with Gasteiger partial charge in [0.1, 0.15) is 5.84 Å². The monoisotopic (exact) mass is 237 g/mol. The Morgan fingerprint density at radius 3 is 2.81 bits per heavy atom. The fourth-order valence-electron chi connectivity index (χ4n) is 1.26. The van der Waals surface area contributed by atoms with Crippen molar-refractivity contribution in [3.8, 4) is 0 Å². The van der Waals surface area contributed by atoms with Gasteiger partial charge in [0, 0.05) is 23.5 Å². The van der Waals surface area contributed by atoms with Gasteiger partial charge in [0.25, 0.3) is 0 Å². The summed E-state index contributed by atoms with van der Waals surface area (Å²) in [5.74, 6) is 0.490. The van der Waals surface area contributed by atoms with Crippen molar-refractivity contribution in [3.63, 3.8) is 0 Å². The van der Waals surface area contributed by atoms with Crippen molar-refractivity contribution in [3.05, 3.63) is 40.6 Å². The Morgan fingerprint density at radius 1 is 1.50 bits per heavy atom. The van der Waals surface area contributed by atoms with Crippen molar-refractivity contribution in [1.29, 1.82) is 0 Å². The molecule has 0 atom stereocenters. The zero-order chi connectivity index (χ0) is 12.1. The van der Waals surface area contributed by atoms with Gasteiger partial charge in [0.05, 0.1) is 0 Å². The number of halogens is 1. The van der Waals surface area contributed by atoms with E-state index in [1.807, 2.05) is 32.0 Å². The number of aliphatic imine (C=N–C) groups is 1. The summed E-state index contributed by atoms with van der Waals surface area (Å²) < 4.78 is 0. The third kappa shape index (κ3) is 3.59. The summed E-state index contributed by atoms with van der Waals surface area (Å²) in [7, 11) is 1.66. The molecule has 4 heteroatoms. The van der Waals surface area contributed by atoms with Crippen LogP contribution in [0.4, 0.5) is 5.69 Å². The largest absolute Gasteiger partial charge is 0.384 e. The molecule has 0 saturated heterocycles. The number of nitrogens with one attached hydrogen (secondary N) is 1. The second-order valence-corrected chi connectivity index (χ2v) is 4.00. The third-order valence-electron chi connectivity index (χ3n) is 2.15. The molecule has 86 valence electrons. The van der Waals surface area contributed by atoms with Gasteiger partial charge in [-0.3, -0.25) is 4.99 Å². The normalized spacial score (nSPS) is 12.8. The molecule has 0 bridgehead atoms. The number of nitrogens with two attached hydrogens (primary N) is 1. The van der Waals surface area contributed by atoms with Crippen LogP contribution in [0.15, 0.2) is 35.0 Å². The topological polar surface area (TPSA) is 50.4 Å². The van der Waals surface area contributed by atoms with Crippen LogP contribution in [0.1, 0.15) is 12.5 Å². The number of rotatable bonds is 3. The van der Waals surface area contributed by atoms with Gasteiger partial charge in [-0.25, -0.2) is 0 Å². The van der Waals surface area contributed by atoms with Crippen LogP contribution in [0.3, 0.4) is 0 Å². The minimum Gasteiger partial charge on any atom is -0.384 e. The Balaban J connectivity index is 2.88. The molecule has 0 aliphatic rings. The summed E-state index contributed by atoms with van der Waals surface area (Å²) in [6.07, 6.45) is 1.78. The number of aryl methyl sites for hydroxylation is 1. The van der Waals surface area contributed by atoms with Crippen molar-refractivity contribution in [1.82, 2.24) is 0 Å². The molecule has 3 N–H and O–H groups in total. The highest BCUT2D eigenvalue weighted by Gasteiger charge is 1.99. The van der Waals surface area contributed by atoms with Crippen LogP contribution in [0.5, 0.6) is 0 Å². The average Bonchev–Trinajstić information content (AvgIpc) is 2.23. The van der Waals surface area contributed by atoms with Crippen LogP contribution in [-0.2, 0) is 0 Å². The molecule has 0 aliphatic carbocycles. The van der Waals surface area contributed by atoms with Crippen LogP contribution in [0, 0.1) is 6.92 Å². The highest BCUT2D eigenvalue weighted by atomic mass is 35.5. The van der Waals surface area contributed by atoms with Gasteiger partial charge in [-0.1, -0.05) is 17.7 Å². The summed E-state index contributed by atoms with van der Waals surface area (Å²) in [5.41, 5.74) is 8.63. The first kappa shape index (κ1) is 12.6. The zero-order valence-electron chi connectivity index (χ0n) is 9.71. The number of allylic oxidation sites excluding steroid dienone is 1. The van der Waals surface area contributed by atoms with Crippen LogP contribution in [0.25, 0.3) is 0 Å². The van der Waals surface area contributed by atoms with Crippen molar-refractivity contribution >= 4 is 23.1 Å². The first-order valence-corrected chi connectivity index (χ1v) is 5.34. The summed E-state index contributed by atoms with van der Waals surface area (Å²) in [6.45, 7) is 3.95. The lowest BCUT2D eigenvalue weighted by molar-refractivity contribution is 1.33. The van der Waals surface area contributed by atoms with E-state index < -0.39 is 0 Å². The highest BCUT2D eigenvalue weighted by molar-refractivity contribution is 6.30. The average molecular weight is 238 g/mol. The van der Waals surface area contributed by atoms with E-state index in [2.05, 4.69) is 10.3 Å². The minimum atomic E-state index is 0.490. The van der Waals surface area contributed by atoms with Crippen molar-refractivity contribution in [2.75, 3.05) is 12.4 Å². The van der Waals surface area contributed by atoms with Crippen LogP contribution >= 0.6 is 11.6 Å². The van der Waals surface area contributed by atoms with Gasteiger partial charge in [0.15, 0.2) is 0 Å². The van der Waals surface area contributed by atoms with E-state index in [9.17, 15) is 0 Å². The molecule has 0 spiro atoms. The molecule has 0 aliphatic heterocycles. The Morgan fingerprint density at radius 2 is 2.19 bits per heavy atom. The molecule has 3 nitrogen and oxygen atoms in total. The third-order valence-corrected chi connectivity index (χ3v) is 2.39. The second kappa shape index (κ2) is 5.56. The van der Waals surface area contributed by atoms with E-state index in [-0.39, 0.29) is 0 Å². The lowest BCUT2D eigenvalue weighted by atomic mass is 10.2. The second-order valence-electron chi connectivity index (χ2n) is 3.56. The Hall–Kier alpha value is -1.48. The number of benzene rings is 1. The Kier molecular flexibility index (Phi) is 4.38. The molecular formula is C12H16ClN3. The van der Waals surface area contributed by atoms with E-state index in [4.69, 9.17) is 17.3 Å². The molecule has 0 amide bonds. The Bertz CT molecular complexity index is 436. The first-order valence-electron chi connectivity index (χ1n) is 4.96. The van der Waals surface area contributed by atoms with Crippen LogP contribution in [0.2, 0.25) is 5.02 Å². The van der Waals surface area contributed by atoms with Crippen molar-refractivity contribution in [2.24, 2.45) is 10.7 Å².